The largest absolute Gasteiger partial charge is 0.497 e. The summed E-state index contributed by atoms with van der Waals surface area (Å²) < 4.78 is 10.8. The van der Waals surface area contributed by atoms with E-state index in [-0.39, 0.29) is 5.91 Å². The minimum Gasteiger partial charge on any atom is -0.497 e. The molecular formula is C19H19N3O3S. The summed E-state index contributed by atoms with van der Waals surface area (Å²) in [6.07, 6.45) is 0.360. The molecular weight excluding hydrogens is 350 g/mol. The van der Waals surface area contributed by atoms with Crippen LogP contribution in [0.25, 0.3) is 11.5 Å². The lowest BCUT2D eigenvalue weighted by molar-refractivity contribution is -0.115. The molecule has 1 heterocycles. The maximum atomic E-state index is 12.0. The molecule has 3 rings (SSSR count). The minimum absolute atomic E-state index is 0.0401. The van der Waals surface area contributed by atoms with Crippen molar-refractivity contribution < 1.29 is 13.9 Å². The van der Waals surface area contributed by atoms with E-state index in [1.807, 2.05) is 55.5 Å². The van der Waals surface area contributed by atoms with Gasteiger partial charge in [0.05, 0.1) is 7.11 Å². The van der Waals surface area contributed by atoms with Crippen LogP contribution in [0.15, 0.2) is 58.2 Å². The summed E-state index contributed by atoms with van der Waals surface area (Å²) in [5.41, 5.74) is 2.69. The molecule has 3 aromatic rings. The van der Waals surface area contributed by atoms with Crippen molar-refractivity contribution in [3.63, 3.8) is 0 Å². The first kappa shape index (κ1) is 18.0. The third kappa shape index (κ3) is 4.64. The number of rotatable bonds is 7. The lowest BCUT2D eigenvalue weighted by Crippen LogP contribution is -2.12. The smallest absolute Gasteiger partial charge is 0.276 e. The zero-order chi connectivity index (χ0) is 18.4. The average Bonchev–Trinajstić information content (AvgIpc) is 3.12. The summed E-state index contributed by atoms with van der Waals surface area (Å²) >= 11 is 1.36. The SMILES string of the molecule is COc1ccc(-c2nnc(SCCC(=O)Nc3ccccc3C)o2)cc1. The molecule has 0 bridgehead atoms. The van der Waals surface area contributed by atoms with E-state index in [1.165, 1.54) is 11.8 Å². The van der Waals surface area contributed by atoms with E-state index in [4.69, 9.17) is 9.15 Å². The van der Waals surface area contributed by atoms with Gasteiger partial charge in [0.1, 0.15) is 5.75 Å². The Balaban J connectivity index is 1.50. The van der Waals surface area contributed by atoms with E-state index in [0.29, 0.717) is 23.3 Å². The van der Waals surface area contributed by atoms with Gasteiger partial charge in [0.15, 0.2) is 0 Å². The van der Waals surface area contributed by atoms with Crippen LogP contribution in [0.3, 0.4) is 0 Å². The first-order valence-corrected chi connectivity index (χ1v) is 9.10. The van der Waals surface area contributed by atoms with E-state index in [1.54, 1.807) is 7.11 Å². The fourth-order valence-electron chi connectivity index (χ4n) is 2.28. The predicted molar refractivity (Wildman–Crippen MR) is 101 cm³/mol. The van der Waals surface area contributed by atoms with Crippen LogP contribution in [0.2, 0.25) is 0 Å². The number of nitrogens with zero attached hydrogens (tertiary/aromatic N) is 2. The molecule has 1 N–H and O–H groups in total. The first-order chi connectivity index (χ1) is 12.7. The van der Waals surface area contributed by atoms with Crippen molar-refractivity contribution in [3.05, 3.63) is 54.1 Å². The Morgan fingerprint density at radius 2 is 1.92 bits per heavy atom. The summed E-state index contributed by atoms with van der Waals surface area (Å²) in [7, 11) is 1.62. The van der Waals surface area contributed by atoms with Crippen molar-refractivity contribution >= 4 is 23.4 Å². The second-order valence-corrected chi connectivity index (χ2v) is 6.61. The van der Waals surface area contributed by atoms with Crippen LogP contribution in [0.1, 0.15) is 12.0 Å². The molecule has 0 aliphatic carbocycles. The quantitative estimate of drug-likeness (QED) is 0.630. The highest BCUT2D eigenvalue weighted by atomic mass is 32.2. The van der Waals surface area contributed by atoms with Gasteiger partial charge in [-0.3, -0.25) is 4.79 Å². The lowest BCUT2D eigenvalue weighted by Gasteiger charge is -2.07. The van der Waals surface area contributed by atoms with Crippen molar-refractivity contribution in [1.82, 2.24) is 10.2 Å². The number of benzene rings is 2. The number of hydrogen-bond donors (Lipinski definition) is 1. The number of anilines is 1. The van der Waals surface area contributed by atoms with Crippen LogP contribution in [-0.2, 0) is 4.79 Å². The minimum atomic E-state index is -0.0401. The Bertz CT molecular complexity index is 878. The number of para-hydroxylation sites is 1. The lowest BCUT2D eigenvalue weighted by atomic mass is 10.2. The van der Waals surface area contributed by atoms with Crippen LogP contribution in [0, 0.1) is 6.92 Å². The molecule has 0 fully saturated rings. The number of hydrogen-bond acceptors (Lipinski definition) is 6. The molecule has 0 radical (unpaired) electrons. The van der Waals surface area contributed by atoms with Crippen LogP contribution in [0.4, 0.5) is 5.69 Å². The van der Waals surface area contributed by atoms with Gasteiger partial charge in [-0.25, -0.2) is 0 Å². The normalized spacial score (nSPS) is 10.5. The molecule has 0 unspecified atom stereocenters. The zero-order valence-electron chi connectivity index (χ0n) is 14.6. The molecule has 2 aromatic carbocycles. The molecule has 0 aliphatic rings. The van der Waals surface area contributed by atoms with E-state index >= 15 is 0 Å². The highest BCUT2D eigenvalue weighted by Crippen LogP contribution is 2.25. The van der Waals surface area contributed by atoms with E-state index < -0.39 is 0 Å². The van der Waals surface area contributed by atoms with Gasteiger partial charge in [0.25, 0.3) is 5.22 Å². The highest BCUT2D eigenvalue weighted by Gasteiger charge is 2.11. The van der Waals surface area contributed by atoms with Crippen molar-refractivity contribution in [2.24, 2.45) is 0 Å². The summed E-state index contributed by atoms with van der Waals surface area (Å²) in [6, 6.07) is 15.1. The van der Waals surface area contributed by atoms with Gasteiger partial charge in [-0.05, 0) is 42.8 Å². The zero-order valence-corrected chi connectivity index (χ0v) is 15.4. The molecule has 134 valence electrons. The fourth-order valence-corrected chi connectivity index (χ4v) is 2.97. The Morgan fingerprint density at radius 3 is 2.65 bits per heavy atom. The van der Waals surface area contributed by atoms with Crippen molar-refractivity contribution in [1.29, 1.82) is 0 Å². The second-order valence-electron chi connectivity index (χ2n) is 5.56. The fraction of sp³-hybridized carbons (Fsp3) is 0.211. The number of ether oxygens (including phenoxy) is 1. The second kappa shape index (κ2) is 8.53. The molecule has 1 amide bonds. The Hall–Kier alpha value is -2.80. The molecule has 0 aliphatic heterocycles. The van der Waals surface area contributed by atoms with Gasteiger partial charge in [-0.2, -0.15) is 0 Å². The van der Waals surface area contributed by atoms with Crippen LogP contribution in [0.5, 0.6) is 5.75 Å². The standard InChI is InChI=1S/C19H19N3O3S/c1-13-5-3-4-6-16(13)20-17(23)11-12-26-19-22-21-18(25-19)14-7-9-15(24-2)10-8-14/h3-10H,11-12H2,1-2H3,(H,20,23). The summed E-state index contributed by atoms with van der Waals surface area (Å²) in [6.45, 7) is 1.96. The maximum absolute atomic E-state index is 12.0. The van der Waals surface area contributed by atoms with E-state index in [2.05, 4.69) is 15.5 Å². The Labute approximate surface area is 156 Å². The van der Waals surface area contributed by atoms with Gasteiger partial charge in [-0.1, -0.05) is 30.0 Å². The van der Waals surface area contributed by atoms with Crippen LogP contribution in [-0.4, -0.2) is 29.0 Å². The molecule has 6 nitrogen and oxygen atoms in total. The third-order valence-electron chi connectivity index (χ3n) is 3.72. The number of nitrogens with one attached hydrogen (secondary N) is 1. The molecule has 0 spiro atoms. The molecule has 0 saturated heterocycles. The summed E-state index contributed by atoms with van der Waals surface area (Å²) in [5.74, 6) is 1.73. The number of aryl methyl sites for hydroxylation is 1. The number of methoxy groups -OCH3 is 1. The molecule has 26 heavy (non-hydrogen) atoms. The molecule has 0 saturated carbocycles. The van der Waals surface area contributed by atoms with E-state index in [9.17, 15) is 4.79 Å². The molecule has 1 aromatic heterocycles. The van der Waals surface area contributed by atoms with Crippen molar-refractivity contribution in [2.45, 2.75) is 18.6 Å². The first-order valence-electron chi connectivity index (χ1n) is 8.12. The Kier molecular flexibility index (Phi) is 5.91. The van der Waals surface area contributed by atoms with Gasteiger partial charge < -0.3 is 14.5 Å². The summed E-state index contributed by atoms with van der Waals surface area (Å²) in [4.78, 5) is 12.0. The third-order valence-corrected chi connectivity index (χ3v) is 4.54. The number of amides is 1. The van der Waals surface area contributed by atoms with E-state index in [0.717, 1.165) is 22.6 Å². The van der Waals surface area contributed by atoms with Gasteiger partial charge in [-0.15, -0.1) is 10.2 Å². The number of carbonyl (C=O) groups is 1. The average molecular weight is 369 g/mol. The molecule has 7 heteroatoms. The number of thioether (sulfide) groups is 1. The van der Waals surface area contributed by atoms with Crippen molar-refractivity contribution in [2.75, 3.05) is 18.2 Å². The monoisotopic (exact) mass is 369 g/mol. The number of carbonyl (C=O) groups excluding carboxylic acids is 1. The van der Waals surface area contributed by atoms with Gasteiger partial charge >= 0.3 is 0 Å². The maximum Gasteiger partial charge on any atom is 0.276 e. The Morgan fingerprint density at radius 1 is 1.15 bits per heavy atom. The van der Waals surface area contributed by atoms with Crippen LogP contribution >= 0.6 is 11.8 Å². The van der Waals surface area contributed by atoms with Crippen LogP contribution < -0.4 is 10.1 Å². The van der Waals surface area contributed by atoms with Crippen molar-refractivity contribution in [3.8, 4) is 17.2 Å². The van der Waals surface area contributed by atoms with Gasteiger partial charge in [0.2, 0.25) is 11.8 Å². The summed E-state index contributed by atoms with van der Waals surface area (Å²) in [5, 5.41) is 11.4. The predicted octanol–water partition coefficient (Wildman–Crippen LogP) is 4.17. The topological polar surface area (TPSA) is 77.2 Å². The number of aromatic nitrogens is 2. The van der Waals surface area contributed by atoms with Gasteiger partial charge in [0, 0.05) is 23.4 Å². The highest BCUT2D eigenvalue weighted by molar-refractivity contribution is 7.99. The molecule has 0 atom stereocenters.